The van der Waals surface area contributed by atoms with E-state index in [4.69, 9.17) is 0 Å². The molecule has 222 valence electrons. The number of hydrogen-bond donors (Lipinski definition) is 0. The summed E-state index contributed by atoms with van der Waals surface area (Å²) in [5, 5.41) is 14.8. The number of alkyl halides is 3. The molecular formula is C40H26F3N3. The molecule has 0 saturated heterocycles. The molecule has 0 aliphatic rings. The summed E-state index contributed by atoms with van der Waals surface area (Å²) >= 11 is 0. The van der Waals surface area contributed by atoms with Gasteiger partial charge in [0.05, 0.1) is 50.6 Å². The Labute approximate surface area is 263 Å². The fourth-order valence-corrected chi connectivity index (χ4v) is 6.82. The zero-order valence-electron chi connectivity index (χ0n) is 25.0. The van der Waals surface area contributed by atoms with Gasteiger partial charge >= 0.3 is 6.18 Å². The summed E-state index contributed by atoms with van der Waals surface area (Å²) in [4.78, 5) is 0. The first kappa shape index (κ1) is 27.7. The highest BCUT2D eigenvalue weighted by Gasteiger charge is 2.31. The lowest BCUT2D eigenvalue weighted by atomic mass is 9.96. The molecule has 0 radical (unpaired) electrons. The molecule has 6 aromatic carbocycles. The number of nitrogens with zero attached hydrogens (tertiary/aromatic N) is 3. The monoisotopic (exact) mass is 605 g/mol. The second kappa shape index (κ2) is 10.1. The van der Waals surface area contributed by atoms with Crippen LogP contribution in [0.1, 0.15) is 22.3 Å². The lowest BCUT2D eigenvalue weighted by molar-refractivity contribution is -0.137. The maximum atomic E-state index is 13.9. The van der Waals surface area contributed by atoms with Crippen molar-refractivity contribution in [1.82, 2.24) is 9.13 Å². The lowest BCUT2D eigenvalue weighted by Crippen LogP contribution is -2.06. The zero-order valence-corrected chi connectivity index (χ0v) is 25.0. The van der Waals surface area contributed by atoms with E-state index in [1.807, 2.05) is 36.4 Å². The van der Waals surface area contributed by atoms with Crippen molar-refractivity contribution in [2.75, 3.05) is 0 Å². The summed E-state index contributed by atoms with van der Waals surface area (Å²) in [7, 11) is 0. The number of halogens is 3. The van der Waals surface area contributed by atoms with Crippen LogP contribution in [0.4, 0.5) is 13.2 Å². The number of aryl methyl sites for hydroxylation is 2. The van der Waals surface area contributed by atoms with E-state index in [0.717, 1.165) is 78.2 Å². The predicted octanol–water partition coefficient (Wildman–Crippen LogP) is 11.1. The van der Waals surface area contributed by atoms with Crippen molar-refractivity contribution < 1.29 is 13.2 Å². The second-order valence-corrected chi connectivity index (χ2v) is 11.8. The van der Waals surface area contributed by atoms with E-state index in [9.17, 15) is 18.4 Å². The molecule has 0 bridgehead atoms. The third-order valence-electron chi connectivity index (χ3n) is 8.87. The molecule has 0 aliphatic carbocycles. The van der Waals surface area contributed by atoms with Gasteiger partial charge in [0.15, 0.2) is 0 Å². The van der Waals surface area contributed by atoms with Crippen LogP contribution < -0.4 is 0 Å². The van der Waals surface area contributed by atoms with Crippen LogP contribution in [-0.2, 0) is 6.18 Å². The molecule has 8 aromatic rings. The molecule has 0 unspecified atom stereocenters. The van der Waals surface area contributed by atoms with E-state index in [-0.39, 0.29) is 5.56 Å². The smallest absolute Gasteiger partial charge is 0.307 e. The average Bonchev–Trinajstić information content (AvgIpc) is 3.56. The van der Waals surface area contributed by atoms with Gasteiger partial charge in [0.25, 0.3) is 0 Å². The molecule has 3 nitrogen and oxygen atoms in total. The topological polar surface area (TPSA) is 33.6 Å². The highest BCUT2D eigenvalue weighted by Crippen LogP contribution is 2.42. The van der Waals surface area contributed by atoms with Crippen molar-refractivity contribution in [1.29, 1.82) is 5.26 Å². The Morgan fingerprint density at radius 1 is 0.543 bits per heavy atom. The minimum atomic E-state index is -4.52. The van der Waals surface area contributed by atoms with E-state index < -0.39 is 11.7 Å². The van der Waals surface area contributed by atoms with Gasteiger partial charge in [-0.15, -0.1) is 0 Å². The summed E-state index contributed by atoms with van der Waals surface area (Å²) in [5.74, 6) is 0. The third kappa shape index (κ3) is 4.20. The van der Waals surface area contributed by atoms with Crippen molar-refractivity contribution in [3.8, 4) is 28.6 Å². The van der Waals surface area contributed by atoms with Crippen molar-refractivity contribution >= 4 is 43.6 Å². The van der Waals surface area contributed by atoms with Gasteiger partial charge < -0.3 is 9.13 Å². The molecule has 0 aliphatic heterocycles. The van der Waals surface area contributed by atoms with Crippen molar-refractivity contribution in [3.63, 3.8) is 0 Å². The molecule has 2 heterocycles. The van der Waals surface area contributed by atoms with E-state index >= 15 is 0 Å². The van der Waals surface area contributed by atoms with Crippen LogP contribution in [0.2, 0.25) is 0 Å². The van der Waals surface area contributed by atoms with Crippen LogP contribution in [0.25, 0.3) is 66.1 Å². The van der Waals surface area contributed by atoms with Gasteiger partial charge in [0.2, 0.25) is 0 Å². The number of rotatable bonds is 3. The quantitative estimate of drug-likeness (QED) is 0.197. The molecule has 0 amide bonds. The molecule has 0 fully saturated rings. The van der Waals surface area contributed by atoms with Gasteiger partial charge in [0, 0.05) is 27.1 Å². The van der Waals surface area contributed by atoms with Gasteiger partial charge in [-0.3, -0.25) is 0 Å². The van der Waals surface area contributed by atoms with Crippen LogP contribution in [0, 0.1) is 25.2 Å². The van der Waals surface area contributed by atoms with Gasteiger partial charge in [-0.05, 0) is 80.1 Å². The Kier molecular flexibility index (Phi) is 6.10. The molecule has 0 saturated carbocycles. The van der Waals surface area contributed by atoms with Crippen LogP contribution in [0.5, 0.6) is 0 Å². The molecule has 0 N–H and O–H groups in total. The van der Waals surface area contributed by atoms with E-state index in [0.29, 0.717) is 11.1 Å². The maximum Gasteiger partial charge on any atom is 0.416 e. The summed E-state index contributed by atoms with van der Waals surface area (Å²) in [6.07, 6.45) is -4.52. The maximum absolute atomic E-state index is 13.9. The van der Waals surface area contributed by atoms with Crippen molar-refractivity contribution in [2.24, 2.45) is 0 Å². The standard InChI is InChI=1S/C40H26F3N3/c1-24-14-16-36-32(18-24)29-10-3-5-12-34(29)45(36)38-21-27(23-44)31(26-8-7-9-28(20-26)40(41,42)43)22-39(38)46-35-13-6-4-11-30(35)33-19-25(2)15-17-37(33)46/h3-22H,1-2H3. The number of nitriles is 1. The largest absolute Gasteiger partial charge is 0.416 e. The molecule has 0 spiro atoms. The minimum absolute atomic E-state index is 0.285. The van der Waals surface area contributed by atoms with Crippen LogP contribution in [-0.4, -0.2) is 9.13 Å². The Balaban J connectivity index is 1.56. The molecular weight excluding hydrogens is 579 g/mol. The summed E-state index contributed by atoms with van der Waals surface area (Å²) in [6, 6.07) is 40.2. The SMILES string of the molecule is Cc1ccc2c(c1)c1ccccc1n2-c1cc(C#N)c(-c2cccc(C(F)(F)F)c2)cc1-n1c2ccccc2c2cc(C)ccc21. The van der Waals surface area contributed by atoms with Gasteiger partial charge in [-0.2, -0.15) is 18.4 Å². The molecule has 46 heavy (non-hydrogen) atoms. The second-order valence-electron chi connectivity index (χ2n) is 11.8. The first-order valence-electron chi connectivity index (χ1n) is 15.0. The van der Waals surface area contributed by atoms with Gasteiger partial charge in [0.1, 0.15) is 0 Å². The molecule has 2 aromatic heterocycles. The Hall–Kier alpha value is -5.80. The molecule has 6 heteroatoms. The van der Waals surface area contributed by atoms with E-state index in [1.54, 1.807) is 6.07 Å². The number of fused-ring (bicyclic) bond motifs is 6. The number of aromatic nitrogens is 2. The number of benzene rings is 6. The van der Waals surface area contributed by atoms with E-state index in [2.05, 4.69) is 89.7 Å². The van der Waals surface area contributed by atoms with Crippen LogP contribution in [0.3, 0.4) is 0 Å². The fraction of sp³-hybridized carbons (Fsp3) is 0.0750. The summed E-state index contributed by atoms with van der Waals surface area (Å²) in [6.45, 7) is 4.12. The van der Waals surface area contributed by atoms with E-state index in [1.165, 1.54) is 6.07 Å². The highest BCUT2D eigenvalue weighted by atomic mass is 19.4. The Bertz CT molecular complexity index is 2560. The Morgan fingerprint density at radius 2 is 1.07 bits per heavy atom. The number of para-hydroxylation sites is 2. The van der Waals surface area contributed by atoms with Crippen molar-refractivity contribution in [2.45, 2.75) is 20.0 Å². The number of hydrogen-bond acceptors (Lipinski definition) is 1. The van der Waals surface area contributed by atoms with Crippen LogP contribution in [0.15, 0.2) is 121 Å². The summed E-state index contributed by atoms with van der Waals surface area (Å²) in [5.41, 5.74) is 7.91. The summed E-state index contributed by atoms with van der Waals surface area (Å²) < 4.78 is 45.9. The molecule has 0 atom stereocenters. The van der Waals surface area contributed by atoms with Gasteiger partial charge in [-0.25, -0.2) is 0 Å². The highest BCUT2D eigenvalue weighted by molar-refractivity contribution is 6.12. The first-order chi connectivity index (χ1) is 22.2. The average molecular weight is 606 g/mol. The predicted molar refractivity (Wildman–Crippen MR) is 180 cm³/mol. The first-order valence-corrected chi connectivity index (χ1v) is 15.0. The minimum Gasteiger partial charge on any atom is -0.307 e. The zero-order chi connectivity index (χ0) is 31.7. The Morgan fingerprint density at radius 3 is 1.61 bits per heavy atom. The normalized spacial score (nSPS) is 12.0. The van der Waals surface area contributed by atoms with Gasteiger partial charge in [-0.1, -0.05) is 71.8 Å². The molecule has 8 rings (SSSR count). The lowest BCUT2D eigenvalue weighted by Gasteiger charge is -2.20. The van der Waals surface area contributed by atoms with Crippen LogP contribution >= 0.6 is 0 Å². The van der Waals surface area contributed by atoms with Crippen molar-refractivity contribution in [3.05, 3.63) is 144 Å². The third-order valence-corrected chi connectivity index (χ3v) is 8.87. The fourth-order valence-electron chi connectivity index (χ4n) is 6.82.